The van der Waals surface area contributed by atoms with E-state index in [2.05, 4.69) is 9.82 Å². The van der Waals surface area contributed by atoms with Crippen molar-refractivity contribution in [2.24, 2.45) is 0 Å². The molecule has 0 radical (unpaired) electrons. The molecule has 8 heteroatoms. The maximum absolute atomic E-state index is 12.0. The fourth-order valence-electron chi connectivity index (χ4n) is 1.75. The Kier molecular flexibility index (Phi) is 4.33. The molecule has 102 valence electrons. The van der Waals surface area contributed by atoms with Crippen LogP contribution in [0.4, 0.5) is 0 Å². The molecule has 0 spiro atoms. The Hall–Kier alpha value is -0.960. The molecule has 1 saturated heterocycles. The summed E-state index contributed by atoms with van der Waals surface area (Å²) in [6.45, 7) is 1.55. The van der Waals surface area contributed by atoms with Crippen LogP contribution < -0.4 is 4.72 Å². The molecule has 2 rings (SSSR count). The zero-order valence-corrected chi connectivity index (χ0v) is 10.8. The Morgan fingerprint density at radius 1 is 1.61 bits per heavy atom. The van der Waals surface area contributed by atoms with Crippen molar-refractivity contribution in [2.45, 2.75) is 30.3 Å². The van der Waals surface area contributed by atoms with E-state index in [0.717, 1.165) is 0 Å². The van der Waals surface area contributed by atoms with Gasteiger partial charge in [-0.2, -0.15) is 5.10 Å². The predicted octanol–water partition coefficient (Wildman–Crippen LogP) is -0.667. The standard InChI is InChI=1S/C10H17N3O4S/c14-4-1-3-13-7-10(6-11-13)18(15,16)12-9-2-5-17-8-9/h6-7,9,12,14H,1-5,8H2. The molecule has 1 aliphatic heterocycles. The first-order valence-corrected chi connectivity index (χ1v) is 7.33. The molecule has 0 aromatic carbocycles. The summed E-state index contributed by atoms with van der Waals surface area (Å²) in [5.74, 6) is 0. The molecule has 1 fully saturated rings. The summed E-state index contributed by atoms with van der Waals surface area (Å²) in [5, 5.41) is 12.6. The van der Waals surface area contributed by atoms with Crippen LogP contribution in [0.25, 0.3) is 0 Å². The second-order valence-electron chi connectivity index (χ2n) is 4.20. The first-order chi connectivity index (χ1) is 8.62. The quantitative estimate of drug-likeness (QED) is 0.718. The molecule has 1 atom stereocenters. The topological polar surface area (TPSA) is 93.5 Å². The lowest BCUT2D eigenvalue weighted by atomic mass is 10.3. The highest BCUT2D eigenvalue weighted by atomic mass is 32.2. The predicted molar refractivity (Wildman–Crippen MR) is 63.5 cm³/mol. The minimum Gasteiger partial charge on any atom is -0.396 e. The minimum absolute atomic E-state index is 0.0552. The van der Waals surface area contributed by atoms with Crippen LogP contribution in [0.2, 0.25) is 0 Å². The Balaban J connectivity index is 2.02. The van der Waals surface area contributed by atoms with Gasteiger partial charge in [0, 0.05) is 32.0 Å². The zero-order valence-electron chi connectivity index (χ0n) is 9.95. The monoisotopic (exact) mass is 275 g/mol. The van der Waals surface area contributed by atoms with Gasteiger partial charge in [0.05, 0.1) is 12.8 Å². The number of nitrogens with one attached hydrogen (secondary N) is 1. The van der Waals surface area contributed by atoms with Crippen molar-refractivity contribution in [3.8, 4) is 0 Å². The van der Waals surface area contributed by atoms with Crippen LogP contribution >= 0.6 is 0 Å². The Morgan fingerprint density at radius 2 is 2.44 bits per heavy atom. The zero-order chi connectivity index (χ0) is 13.0. The van der Waals surface area contributed by atoms with Gasteiger partial charge >= 0.3 is 0 Å². The van der Waals surface area contributed by atoms with Crippen molar-refractivity contribution in [3.63, 3.8) is 0 Å². The van der Waals surface area contributed by atoms with Crippen LogP contribution in [0.15, 0.2) is 17.3 Å². The third kappa shape index (κ3) is 3.29. The summed E-state index contributed by atoms with van der Waals surface area (Å²) in [6, 6.07) is -0.157. The third-order valence-corrected chi connectivity index (χ3v) is 4.19. The summed E-state index contributed by atoms with van der Waals surface area (Å²) in [5.41, 5.74) is 0. The van der Waals surface area contributed by atoms with E-state index in [1.807, 2.05) is 0 Å². The van der Waals surface area contributed by atoms with Gasteiger partial charge in [-0.15, -0.1) is 0 Å². The van der Waals surface area contributed by atoms with Gasteiger partial charge in [-0.25, -0.2) is 13.1 Å². The number of nitrogens with zero attached hydrogens (tertiary/aromatic N) is 2. The van der Waals surface area contributed by atoms with E-state index in [4.69, 9.17) is 9.84 Å². The number of ether oxygens (including phenoxy) is 1. The Bertz CT molecular complexity index is 479. The molecule has 0 saturated carbocycles. The number of hydrogen-bond acceptors (Lipinski definition) is 5. The van der Waals surface area contributed by atoms with Crippen LogP contribution in [-0.4, -0.2) is 49.2 Å². The van der Waals surface area contributed by atoms with E-state index in [1.165, 1.54) is 17.1 Å². The van der Waals surface area contributed by atoms with E-state index in [-0.39, 0.29) is 17.5 Å². The van der Waals surface area contributed by atoms with Crippen molar-refractivity contribution < 1.29 is 18.3 Å². The number of aliphatic hydroxyl groups excluding tert-OH is 1. The molecule has 2 N–H and O–H groups in total. The van der Waals surface area contributed by atoms with Gasteiger partial charge in [-0.1, -0.05) is 0 Å². The summed E-state index contributed by atoms with van der Waals surface area (Å²) >= 11 is 0. The first kappa shape index (κ1) is 13.5. The molecule has 7 nitrogen and oxygen atoms in total. The Morgan fingerprint density at radius 3 is 3.11 bits per heavy atom. The van der Waals surface area contributed by atoms with Gasteiger partial charge in [0.2, 0.25) is 10.0 Å². The maximum atomic E-state index is 12.0. The molecule has 2 heterocycles. The van der Waals surface area contributed by atoms with Crippen LogP contribution in [0.1, 0.15) is 12.8 Å². The fourth-order valence-corrected chi connectivity index (χ4v) is 2.96. The number of aryl methyl sites for hydroxylation is 1. The van der Waals surface area contributed by atoms with Crippen molar-refractivity contribution in [2.75, 3.05) is 19.8 Å². The van der Waals surface area contributed by atoms with E-state index >= 15 is 0 Å². The van der Waals surface area contributed by atoms with E-state index < -0.39 is 10.0 Å². The fraction of sp³-hybridized carbons (Fsp3) is 0.700. The maximum Gasteiger partial charge on any atom is 0.244 e. The molecule has 0 aliphatic carbocycles. The van der Waals surface area contributed by atoms with Gasteiger partial charge in [0.15, 0.2) is 0 Å². The highest BCUT2D eigenvalue weighted by Gasteiger charge is 2.24. The summed E-state index contributed by atoms with van der Waals surface area (Å²) in [4.78, 5) is 0.146. The SMILES string of the molecule is O=S(=O)(NC1CCOC1)c1cnn(CCCO)c1. The lowest BCUT2D eigenvalue weighted by molar-refractivity contribution is 0.192. The van der Waals surface area contributed by atoms with Crippen LogP contribution in [0.3, 0.4) is 0 Å². The second-order valence-corrected chi connectivity index (χ2v) is 5.91. The van der Waals surface area contributed by atoms with Crippen molar-refractivity contribution >= 4 is 10.0 Å². The van der Waals surface area contributed by atoms with Gasteiger partial charge in [-0.05, 0) is 12.8 Å². The average Bonchev–Trinajstić information content (AvgIpc) is 2.96. The molecule has 1 aliphatic rings. The van der Waals surface area contributed by atoms with Gasteiger partial charge in [0.1, 0.15) is 4.90 Å². The molecule has 0 bridgehead atoms. The summed E-state index contributed by atoms with van der Waals surface area (Å²) in [7, 11) is -3.52. The Labute approximate surface area is 106 Å². The largest absolute Gasteiger partial charge is 0.396 e. The molecule has 18 heavy (non-hydrogen) atoms. The molecule has 0 amide bonds. The van der Waals surface area contributed by atoms with Gasteiger partial charge in [0.25, 0.3) is 0 Å². The minimum atomic E-state index is -3.52. The average molecular weight is 275 g/mol. The smallest absolute Gasteiger partial charge is 0.244 e. The summed E-state index contributed by atoms with van der Waals surface area (Å²) in [6.07, 6.45) is 4.02. The van der Waals surface area contributed by atoms with Gasteiger partial charge < -0.3 is 9.84 Å². The number of aliphatic hydroxyl groups is 1. The van der Waals surface area contributed by atoms with Crippen LogP contribution in [0.5, 0.6) is 0 Å². The lowest BCUT2D eigenvalue weighted by Crippen LogP contribution is -2.34. The van der Waals surface area contributed by atoms with Crippen molar-refractivity contribution in [1.29, 1.82) is 0 Å². The summed E-state index contributed by atoms with van der Waals surface area (Å²) < 4.78 is 33.2. The molecule has 1 aromatic heterocycles. The number of rotatable bonds is 6. The van der Waals surface area contributed by atoms with Crippen molar-refractivity contribution in [3.05, 3.63) is 12.4 Å². The van der Waals surface area contributed by atoms with Crippen LogP contribution in [-0.2, 0) is 21.3 Å². The molecule has 1 aromatic rings. The first-order valence-electron chi connectivity index (χ1n) is 5.85. The van der Waals surface area contributed by atoms with Crippen LogP contribution in [0, 0.1) is 0 Å². The highest BCUT2D eigenvalue weighted by Crippen LogP contribution is 2.11. The molecule has 1 unspecified atom stereocenters. The highest BCUT2D eigenvalue weighted by molar-refractivity contribution is 7.89. The van der Waals surface area contributed by atoms with Gasteiger partial charge in [-0.3, -0.25) is 4.68 Å². The molecular formula is C10H17N3O4S. The molecular weight excluding hydrogens is 258 g/mol. The normalized spacial score (nSPS) is 20.4. The third-order valence-electron chi connectivity index (χ3n) is 2.72. The second kappa shape index (κ2) is 5.79. The number of sulfonamides is 1. The van der Waals surface area contributed by atoms with E-state index in [0.29, 0.717) is 32.6 Å². The van der Waals surface area contributed by atoms with Crippen molar-refractivity contribution in [1.82, 2.24) is 14.5 Å². The number of aromatic nitrogens is 2. The lowest BCUT2D eigenvalue weighted by Gasteiger charge is -2.09. The number of hydrogen-bond donors (Lipinski definition) is 2. The van der Waals surface area contributed by atoms with E-state index in [9.17, 15) is 8.42 Å². The van der Waals surface area contributed by atoms with E-state index in [1.54, 1.807) is 0 Å².